The van der Waals surface area contributed by atoms with E-state index in [0.29, 0.717) is 11.8 Å². The maximum absolute atomic E-state index is 2.59. The van der Waals surface area contributed by atoms with Crippen LogP contribution in [0.3, 0.4) is 0 Å². The molecule has 0 spiro atoms. The Hall–Kier alpha value is -3.65. The molecule has 0 aliphatic heterocycles. The van der Waals surface area contributed by atoms with Crippen LogP contribution >= 0.6 is 0 Å². The lowest BCUT2D eigenvalue weighted by molar-refractivity contribution is -0.633. The quantitative estimate of drug-likeness (QED) is 0.186. The van der Waals surface area contributed by atoms with Crippen LogP contribution in [0, 0.1) is 6.92 Å². The molecule has 0 aliphatic rings. The molecule has 2 heteroatoms. The maximum Gasteiger partial charge on any atom is 0.295 e. The van der Waals surface area contributed by atoms with Crippen molar-refractivity contribution in [3.05, 3.63) is 107 Å². The van der Waals surface area contributed by atoms with Crippen LogP contribution in [0.15, 0.2) is 78.9 Å². The van der Waals surface area contributed by atoms with Gasteiger partial charge in [0.15, 0.2) is 11.0 Å². The molecule has 0 aliphatic carbocycles. The number of imidazole rings is 1. The number of aryl methyl sites for hydroxylation is 2. The molecule has 0 atom stereocenters. The zero-order valence-electron chi connectivity index (χ0n) is 28.6. The molecule has 0 saturated heterocycles. The van der Waals surface area contributed by atoms with Crippen LogP contribution in [-0.4, -0.2) is 4.57 Å². The van der Waals surface area contributed by atoms with Crippen molar-refractivity contribution < 1.29 is 4.57 Å². The Kier molecular flexibility index (Phi) is 7.97. The summed E-state index contributed by atoms with van der Waals surface area (Å²) in [6, 6.07) is 29.9. The number of fused-ring (bicyclic) bond motifs is 1. The largest absolute Gasteiger partial charge is 0.295 e. The van der Waals surface area contributed by atoms with Gasteiger partial charge in [0.1, 0.15) is 5.69 Å². The van der Waals surface area contributed by atoms with Gasteiger partial charge in [-0.3, -0.25) is 0 Å². The summed E-state index contributed by atoms with van der Waals surface area (Å²) in [5.41, 5.74) is 14.6. The molecule has 4 aromatic carbocycles. The van der Waals surface area contributed by atoms with Crippen molar-refractivity contribution in [1.29, 1.82) is 0 Å². The number of aromatic nitrogens is 2. The Morgan fingerprint density at radius 2 is 1.16 bits per heavy atom. The molecule has 0 fully saturated rings. The van der Waals surface area contributed by atoms with E-state index >= 15 is 0 Å². The van der Waals surface area contributed by atoms with Gasteiger partial charge < -0.3 is 0 Å². The molecule has 1 aromatic heterocycles. The van der Waals surface area contributed by atoms with E-state index in [1.54, 1.807) is 0 Å². The second kappa shape index (κ2) is 11.1. The number of benzene rings is 4. The maximum atomic E-state index is 2.59. The van der Waals surface area contributed by atoms with Crippen molar-refractivity contribution in [2.75, 3.05) is 0 Å². The van der Waals surface area contributed by atoms with Gasteiger partial charge in [0.25, 0.3) is 5.82 Å². The van der Waals surface area contributed by atoms with E-state index in [-0.39, 0.29) is 10.8 Å². The third-order valence-electron chi connectivity index (χ3n) is 9.06. The average molecular weight is 572 g/mol. The smallest absolute Gasteiger partial charge is 0.225 e. The topological polar surface area (TPSA) is 8.81 Å². The van der Waals surface area contributed by atoms with Crippen LogP contribution in [-0.2, 0) is 17.9 Å². The molecule has 5 rings (SSSR count). The van der Waals surface area contributed by atoms with Gasteiger partial charge in [0.2, 0.25) is 0 Å². The zero-order chi connectivity index (χ0) is 31.4. The second-order valence-electron chi connectivity index (χ2n) is 15.1. The summed E-state index contributed by atoms with van der Waals surface area (Å²) in [6.07, 6.45) is 0. The predicted molar refractivity (Wildman–Crippen MR) is 186 cm³/mol. The van der Waals surface area contributed by atoms with E-state index in [1.165, 1.54) is 67.1 Å². The van der Waals surface area contributed by atoms with Crippen molar-refractivity contribution >= 4 is 11.0 Å². The lowest BCUT2D eigenvalue weighted by Crippen LogP contribution is -2.31. The van der Waals surface area contributed by atoms with Crippen LogP contribution in [0.5, 0.6) is 0 Å². The first-order valence-corrected chi connectivity index (χ1v) is 16.0. The van der Waals surface area contributed by atoms with E-state index in [4.69, 9.17) is 0 Å². The lowest BCUT2D eigenvalue weighted by atomic mass is 9.85. The Labute approximate surface area is 260 Å². The number of rotatable bonds is 5. The van der Waals surface area contributed by atoms with Crippen LogP contribution in [0.4, 0.5) is 0 Å². The van der Waals surface area contributed by atoms with Crippen molar-refractivity contribution in [3.63, 3.8) is 0 Å². The van der Waals surface area contributed by atoms with Crippen LogP contribution in [0.2, 0.25) is 0 Å². The Morgan fingerprint density at radius 3 is 1.70 bits per heavy atom. The fraction of sp³-hybridized carbons (Fsp3) is 0.390. The Morgan fingerprint density at radius 1 is 0.628 bits per heavy atom. The summed E-state index contributed by atoms with van der Waals surface area (Å²) in [4.78, 5) is 0. The summed E-state index contributed by atoms with van der Waals surface area (Å²) in [5.74, 6) is 1.94. The molecule has 0 unspecified atom stereocenters. The van der Waals surface area contributed by atoms with Crippen molar-refractivity contribution in [2.45, 2.75) is 98.8 Å². The van der Waals surface area contributed by atoms with Crippen LogP contribution < -0.4 is 4.57 Å². The summed E-state index contributed by atoms with van der Waals surface area (Å²) < 4.78 is 5.04. The zero-order valence-corrected chi connectivity index (χ0v) is 28.6. The highest BCUT2D eigenvalue weighted by Gasteiger charge is 2.33. The average Bonchev–Trinajstić information content (AvgIpc) is 3.23. The molecule has 0 saturated carbocycles. The SMILES string of the molecule is Cc1ccc(C(C)(C)C)cc1-c1n(-c2c(C(C)C)cc(-c3ccccc3)cc2C(C)C)c2ccc(C(C)(C)C)cc2[n+]1C. The second-order valence-corrected chi connectivity index (χ2v) is 15.1. The van der Waals surface area contributed by atoms with Gasteiger partial charge in [-0.15, -0.1) is 0 Å². The van der Waals surface area contributed by atoms with Crippen molar-refractivity contribution in [2.24, 2.45) is 7.05 Å². The minimum atomic E-state index is 0.0563. The fourth-order valence-electron chi connectivity index (χ4n) is 6.30. The van der Waals surface area contributed by atoms with Gasteiger partial charge in [0.05, 0.1) is 12.6 Å². The molecule has 0 N–H and O–H groups in total. The predicted octanol–water partition coefficient (Wildman–Crippen LogP) is 10.9. The highest BCUT2D eigenvalue weighted by Crippen LogP contribution is 2.41. The highest BCUT2D eigenvalue weighted by atomic mass is 15.2. The van der Waals surface area contributed by atoms with Gasteiger partial charge in [-0.2, -0.15) is 4.57 Å². The Balaban J connectivity index is 1.97. The first kappa shape index (κ1) is 30.8. The molecule has 0 amide bonds. The number of hydrogen-bond acceptors (Lipinski definition) is 0. The third kappa shape index (κ3) is 5.69. The number of nitrogens with zero attached hydrogens (tertiary/aromatic N) is 2. The molecule has 0 bridgehead atoms. The summed E-state index contributed by atoms with van der Waals surface area (Å²) in [7, 11) is 2.26. The molecule has 43 heavy (non-hydrogen) atoms. The van der Waals surface area contributed by atoms with Gasteiger partial charge in [-0.25, -0.2) is 4.57 Å². The van der Waals surface area contributed by atoms with Gasteiger partial charge in [0, 0.05) is 11.1 Å². The minimum absolute atomic E-state index is 0.0563. The summed E-state index contributed by atoms with van der Waals surface area (Å²) in [6.45, 7) is 25.5. The molecule has 224 valence electrons. The lowest BCUT2D eigenvalue weighted by Gasteiger charge is -2.22. The summed E-state index contributed by atoms with van der Waals surface area (Å²) >= 11 is 0. The molecular formula is C41H51N2+. The van der Waals surface area contributed by atoms with Crippen molar-refractivity contribution in [3.8, 4) is 28.2 Å². The van der Waals surface area contributed by atoms with E-state index in [0.717, 1.165) is 0 Å². The number of hydrogen-bond donors (Lipinski definition) is 0. The van der Waals surface area contributed by atoms with E-state index < -0.39 is 0 Å². The van der Waals surface area contributed by atoms with E-state index in [9.17, 15) is 0 Å². The van der Waals surface area contributed by atoms with E-state index in [1.807, 2.05) is 0 Å². The minimum Gasteiger partial charge on any atom is -0.225 e. The third-order valence-corrected chi connectivity index (χ3v) is 9.06. The van der Waals surface area contributed by atoms with E-state index in [2.05, 4.69) is 171 Å². The van der Waals surface area contributed by atoms with Gasteiger partial charge in [-0.1, -0.05) is 118 Å². The van der Waals surface area contributed by atoms with Crippen LogP contribution in [0.25, 0.3) is 39.2 Å². The standard InChI is InChI=1S/C41H51N2/c1-26(2)33-22-30(29-16-14-13-15-17-29)23-34(27(3)4)38(33)43-36-21-20-32(41(9,10)11)25-37(36)42(12)39(43)35-24-31(40(6,7)8)19-18-28(35)5/h13-27H,1-12H3/q+1. The first-order valence-electron chi connectivity index (χ1n) is 16.0. The Bertz CT molecular complexity index is 1760. The molecule has 2 nitrogen and oxygen atoms in total. The molecule has 5 aromatic rings. The molecule has 1 heterocycles. The molecular weight excluding hydrogens is 520 g/mol. The first-order chi connectivity index (χ1) is 20.1. The monoisotopic (exact) mass is 571 g/mol. The van der Waals surface area contributed by atoms with Crippen molar-refractivity contribution in [1.82, 2.24) is 4.57 Å². The highest BCUT2D eigenvalue weighted by molar-refractivity contribution is 5.83. The fourth-order valence-corrected chi connectivity index (χ4v) is 6.30. The summed E-state index contributed by atoms with van der Waals surface area (Å²) in [5, 5.41) is 0. The van der Waals surface area contributed by atoms with Gasteiger partial charge >= 0.3 is 0 Å². The van der Waals surface area contributed by atoms with Crippen LogP contribution in [0.1, 0.15) is 109 Å². The molecule has 0 radical (unpaired) electrons. The van der Waals surface area contributed by atoms with Gasteiger partial charge in [-0.05, 0) is 87.7 Å². The normalized spacial score (nSPS) is 12.6.